The number of carbonyl (C=O) groups is 1. The van der Waals surface area contributed by atoms with Crippen LogP contribution in [0.3, 0.4) is 0 Å². The van der Waals surface area contributed by atoms with Crippen LogP contribution in [-0.4, -0.2) is 33.9 Å². The molecule has 2 aromatic rings. The van der Waals surface area contributed by atoms with E-state index in [-0.39, 0.29) is 11.7 Å². The minimum Gasteiger partial charge on any atom is -0.366 e. The molecule has 5 nitrogen and oxygen atoms in total. The third-order valence-electron chi connectivity index (χ3n) is 3.35. The van der Waals surface area contributed by atoms with E-state index in [4.69, 9.17) is 0 Å². The summed E-state index contributed by atoms with van der Waals surface area (Å²) in [6, 6.07) is 8.11. The van der Waals surface area contributed by atoms with Crippen molar-refractivity contribution in [2.45, 2.75) is 20.4 Å². The Hall–Kier alpha value is -2.50. The van der Waals surface area contributed by atoms with Crippen molar-refractivity contribution in [1.29, 1.82) is 0 Å². The number of rotatable bonds is 6. The van der Waals surface area contributed by atoms with Gasteiger partial charge in [-0.3, -0.25) is 4.79 Å². The number of anilines is 1. The molecular formula is C16H19FN4O. The molecule has 0 aliphatic carbocycles. The fourth-order valence-electron chi connectivity index (χ4n) is 2.07. The topological polar surface area (TPSA) is 58.1 Å². The maximum atomic E-state index is 13.6. The zero-order valence-electron chi connectivity index (χ0n) is 12.7. The molecule has 2 rings (SSSR count). The van der Waals surface area contributed by atoms with E-state index >= 15 is 0 Å². The summed E-state index contributed by atoms with van der Waals surface area (Å²) in [5.74, 6) is 0.0820. The van der Waals surface area contributed by atoms with Crippen LogP contribution in [0, 0.1) is 5.82 Å². The van der Waals surface area contributed by atoms with Crippen LogP contribution < -0.4 is 5.32 Å². The lowest BCUT2D eigenvalue weighted by Crippen LogP contribution is -2.31. The Bertz CT molecular complexity index is 644. The van der Waals surface area contributed by atoms with Crippen LogP contribution >= 0.6 is 0 Å². The summed E-state index contributed by atoms with van der Waals surface area (Å²) in [7, 11) is 0. The largest absolute Gasteiger partial charge is 0.366 e. The number of benzene rings is 1. The molecule has 116 valence electrons. The van der Waals surface area contributed by atoms with E-state index in [0.29, 0.717) is 36.7 Å². The van der Waals surface area contributed by atoms with E-state index < -0.39 is 0 Å². The smallest absolute Gasteiger partial charge is 0.272 e. The fraction of sp³-hybridized carbons (Fsp3) is 0.312. The second-order valence-electron chi connectivity index (χ2n) is 4.71. The molecule has 1 heterocycles. The first-order valence-electron chi connectivity index (χ1n) is 7.24. The number of nitrogens with zero attached hydrogens (tertiary/aromatic N) is 3. The molecule has 1 aromatic heterocycles. The highest BCUT2D eigenvalue weighted by molar-refractivity contribution is 5.92. The number of aromatic nitrogens is 2. The van der Waals surface area contributed by atoms with Gasteiger partial charge in [-0.2, -0.15) is 0 Å². The van der Waals surface area contributed by atoms with Crippen molar-refractivity contribution in [2.75, 3.05) is 18.4 Å². The van der Waals surface area contributed by atoms with Crippen LogP contribution in [0.15, 0.2) is 36.7 Å². The average Bonchev–Trinajstić information content (AvgIpc) is 2.55. The number of hydrogen-bond donors (Lipinski definition) is 1. The lowest BCUT2D eigenvalue weighted by atomic mass is 10.2. The molecule has 22 heavy (non-hydrogen) atoms. The minimum atomic E-state index is -0.275. The third kappa shape index (κ3) is 3.78. The average molecular weight is 302 g/mol. The van der Waals surface area contributed by atoms with E-state index in [1.807, 2.05) is 13.8 Å². The maximum absolute atomic E-state index is 13.6. The molecule has 1 amide bonds. The second-order valence-corrected chi connectivity index (χ2v) is 4.71. The molecule has 0 aliphatic rings. The monoisotopic (exact) mass is 302 g/mol. The lowest BCUT2D eigenvalue weighted by molar-refractivity contribution is 0.0767. The van der Waals surface area contributed by atoms with Crippen LogP contribution in [0.1, 0.15) is 29.9 Å². The van der Waals surface area contributed by atoms with Gasteiger partial charge in [0.1, 0.15) is 23.7 Å². The Morgan fingerprint density at radius 2 is 1.95 bits per heavy atom. The van der Waals surface area contributed by atoms with E-state index in [0.717, 1.165) is 0 Å². The standard InChI is InChI=1S/C16H19FN4O/c1-3-21(4-2)16(22)14-9-15(20-11-19-14)18-10-12-7-5-6-8-13(12)17/h5-9,11H,3-4,10H2,1-2H3,(H,18,19,20). The van der Waals surface area contributed by atoms with E-state index in [2.05, 4.69) is 15.3 Å². The molecule has 0 bridgehead atoms. The normalized spacial score (nSPS) is 10.3. The van der Waals surface area contributed by atoms with E-state index in [1.165, 1.54) is 12.4 Å². The van der Waals surface area contributed by atoms with Crippen LogP contribution in [0.2, 0.25) is 0 Å². The van der Waals surface area contributed by atoms with Gasteiger partial charge in [0.25, 0.3) is 5.91 Å². The van der Waals surface area contributed by atoms with Crippen LogP contribution in [0.4, 0.5) is 10.2 Å². The molecule has 0 aliphatic heterocycles. The molecule has 0 fully saturated rings. The molecule has 0 saturated heterocycles. The van der Waals surface area contributed by atoms with Crippen molar-refractivity contribution in [3.05, 3.63) is 53.7 Å². The summed E-state index contributed by atoms with van der Waals surface area (Å²) >= 11 is 0. The predicted molar refractivity (Wildman–Crippen MR) is 83.0 cm³/mol. The Kier molecular flexibility index (Phi) is 5.41. The van der Waals surface area contributed by atoms with Gasteiger partial charge >= 0.3 is 0 Å². The number of amides is 1. The molecule has 0 radical (unpaired) electrons. The highest BCUT2D eigenvalue weighted by Gasteiger charge is 2.14. The lowest BCUT2D eigenvalue weighted by Gasteiger charge is -2.18. The summed E-state index contributed by atoms with van der Waals surface area (Å²) in [6.45, 7) is 5.37. The van der Waals surface area contributed by atoms with Gasteiger partial charge in [-0.15, -0.1) is 0 Å². The number of halogens is 1. The SMILES string of the molecule is CCN(CC)C(=O)c1cc(NCc2ccccc2F)ncn1. The first-order valence-corrected chi connectivity index (χ1v) is 7.24. The number of hydrogen-bond acceptors (Lipinski definition) is 4. The summed E-state index contributed by atoms with van der Waals surface area (Å²) in [6.07, 6.45) is 1.33. The van der Waals surface area contributed by atoms with Crippen molar-refractivity contribution in [3.8, 4) is 0 Å². The fourth-order valence-corrected chi connectivity index (χ4v) is 2.07. The molecule has 0 atom stereocenters. The molecule has 6 heteroatoms. The molecule has 0 unspecified atom stereocenters. The van der Waals surface area contributed by atoms with Gasteiger partial charge in [0.05, 0.1) is 0 Å². The van der Waals surface area contributed by atoms with Crippen LogP contribution in [-0.2, 0) is 6.54 Å². The first-order chi connectivity index (χ1) is 10.7. The summed E-state index contributed by atoms with van der Waals surface area (Å²) in [4.78, 5) is 22.0. The molecule has 0 saturated carbocycles. The Balaban J connectivity index is 2.09. The summed E-state index contributed by atoms with van der Waals surface area (Å²) < 4.78 is 13.6. The van der Waals surface area contributed by atoms with E-state index in [9.17, 15) is 9.18 Å². The highest BCUT2D eigenvalue weighted by Crippen LogP contribution is 2.11. The van der Waals surface area contributed by atoms with Gasteiger partial charge in [-0.1, -0.05) is 18.2 Å². The summed E-state index contributed by atoms with van der Waals surface area (Å²) in [5.41, 5.74) is 0.868. The van der Waals surface area contributed by atoms with Gasteiger partial charge in [-0.25, -0.2) is 14.4 Å². The highest BCUT2D eigenvalue weighted by atomic mass is 19.1. The minimum absolute atomic E-state index is 0.138. The van der Waals surface area contributed by atoms with Gasteiger partial charge in [0, 0.05) is 31.3 Å². The van der Waals surface area contributed by atoms with Crippen molar-refractivity contribution in [1.82, 2.24) is 14.9 Å². The maximum Gasteiger partial charge on any atom is 0.272 e. The molecule has 1 N–H and O–H groups in total. The van der Waals surface area contributed by atoms with Crippen molar-refractivity contribution in [3.63, 3.8) is 0 Å². The predicted octanol–water partition coefficient (Wildman–Crippen LogP) is 2.71. The van der Waals surface area contributed by atoms with Crippen LogP contribution in [0.5, 0.6) is 0 Å². The Labute approximate surface area is 129 Å². The summed E-state index contributed by atoms with van der Waals surface area (Å²) in [5, 5.41) is 3.01. The third-order valence-corrected chi connectivity index (χ3v) is 3.35. The molecule has 0 spiro atoms. The Morgan fingerprint density at radius 1 is 1.23 bits per heavy atom. The van der Waals surface area contributed by atoms with Gasteiger partial charge in [0.15, 0.2) is 0 Å². The number of carbonyl (C=O) groups excluding carboxylic acids is 1. The van der Waals surface area contributed by atoms with Gasteiger partial charge in [-0.05, 0) is 19.9 Å². The number of nitrogens with one attached hydrogen (secondary N) is 1. The van der Waals surface area contributed by atoms with Gasteiger partial charge < -0.3 is 10.2 Å². The zero-order chi connectivity index (χ0) is 15.9. The van der Waals surface area contributed by atoms with Crippen molar-refractivity contribution < 1.29 is 9.18 Å². The molecule has 1 aromatic carbocycles. The second kappa shape index (κ2) is 7.49. The first kappa shape index (κ1) is 15.9. The Morgan fingerprint density at radius 3 is 2.64 bits per heavy atom. The quantitative estimate of drug-likeness (QED) is 0.891. The van der Waals surface area contributed by atoms with Crippen LogP contribution in [0.25, 0.3) is 0 Å². The van der Waals surface area contributed by atoms with Crippen molar-refractivity contribution >= 4 is 11.7 Å². The van der Waals surface area contributed by atoms with Crippen molar-refractivity contribution in [2.24, 2.45) is 0 Å². The molecular weight excluding hydrogens is 283 g/mol. The zero-order valence-corrected chi connectivity index (χ0v) is 12.7. The van der Waals surface area contributed by atoms with Gasteiger partial charge in [0.2, 0.25) is 0 Å². The van der Waals surface area contributed by atoms with E-state index in [1.54, 1.807) is 29.2 Å².